The summed E-state index contributed by atoms with van der Waals surface area (Å²) in [6, 6.07) is 7.74. The smallest absolute Gasteiger partial charge is 0.254 e. The van der Waals surface area contributed by atoms with Gasteiger partial charge in [-0.05, 0) is 32.5 Å². The third-order valence-corrected chi connectivity index (χ3v) is 7.60. The predicted octanol–water partition coefficient (Wildman–Crippen LogP) is 1.40. The lowest BCUT2D eigenvalue weighted by molar-refractivity contribution is -0.146. The van der Waals surface area contributed by atoms with E-state index in [1.54, 1.807) is 0 Å². The number of hydrogen-bond acceptors (Lipinski definition) is 5. The number of amides is 2. The minimum Gasteiger partial charge on any atom is -0.340 e. The molecule has 2 amide bonds. The Hall–Kier alpha value is -2.71. The van der Waals surface area contributed by atoms with E-state index in [1.807, 2.05) is 58.1 Å². The van der Waals surface area contributed by atoms with Gasteiger partial charge in [-0.3, -0.25) is 14.5 Å². The molecule has 3 aliphatic rings. The van der Waals surface area contributed by atoms with E-state index in [9.17, 15) is 9.59 Å². The van der Waals surface area contributed by atoms with Crippen molar-refractivity contribution in [3.63, 3.8) is 0 Å². The van der Waals surface area contributed by atoms with Crippen molar-refractivity contribution in [1.82, 2.24) is 29.2 Å². The number of hydrogen-bond donors (Lipinski definition) is 0. The number of fused-ring (bicyclic) bond motifs is 1. The molecule has 0 aliphatic carbocycles. The molecule has 2 fully saturated rings. The highest BCUT2D eigenvalue weighted by Gasteiger charge is 2.61. The maximum Gasteiger partial charge on any atom is 0.254 e. The van der Waals surface area contributed by atoms with Crippen molar-refractivity contribution >= 4 is 11.8 Å². The summed E-state index contributed by atoms with van der Waals surface area (Å²) in [6.07, 6.45) is 3.76. The Morgan fingerprint density at radius 2 is 1.82 bits per heavy atom. The third-order valence-electron chi connectivity index (χ3n) is 7.60. The fourth-order valence-electron chi connectivity index (χ4n) is 5.95. The molecule has 1 unspecified atom stereocenters. The van der Waals surface area contributed by atoms with Crippen LogP contribution in [0.4, 0.5) is 0 Å². The SMILES string of the molecule is CC(C)N1C(=O)c2ccccc2C(C(=O)N2CCN(C)CC2)C12CN(Cc1nccn1C)C2. The molecule has 3 aliphatic heterocycles. The van der Waals surface area contributed by atoms with Gasteiger partial charge < -0.3 is 19.3 Å². The molecule has 2 saturated heterocycles. The van der Waals surface area contributed by atoms with Crippen LogP contribution in [0.5, 0.6) is 0 Å². The summed E-state index contributed by atoms with van der Waals surface area (Å²) in [6.45, 7) is 9.40. The van der Waals surface area contributed by atoms with E-state index in [0.29, 0.717) is 25.2 Å². The lowest BCUT2D eigenvalue weighted by Crippen LogP contribution is -2.77. The fraction of sp³-hybridized carbons (Fsp3) is 0.560. The van der Waals surface area contributed by atoms with E-state index in [0.717, 1.165) is 37.6 Å². The average Bonchev–Trinajstić information content (AvgIpc) is 3.17. The van der Waals surface area contributed by atoms with E-state index in [1.165, 1.54) is 0 Å². The number of carbonyl (C=O) groups excluding carboxylic acids is 2. The first kappa shape index (κ1) is 22.1. The number of benzene rings is 1. The van der Waals surface area contributed by atoms with E-state index < -0.39 is 5.54 Å². The molecule has 176 valence electrons. The minimum absolute atomic E-state index is 0.00366. The molecule has 5 rings (SSSR count). The summed E-state index contributed by atoms with van der Waals surface area (Å²) in [7, 11) is 4.10. The number of nitrogens with zero attached hydrogens (tertiary/aromatic N) is 6. The molecule has 2 aromatic rings. The molecule has 8 nitrogen and oxygen atoms in total. The van der Waals surface area contributed by atoms with Gasteiger partial charge in [-0.2, -0.15) is 0 Å². The molecular formula is C25H34N6O2. The van der Waals surface area contributed by atoms with E-state index >= 15 is 0 Å². The fourth-order valence-corrected chi connectivity index (χ4v) is 5.95. The van der Waals surface area contributed by atoms with Crippen LogP contribution in [0.2, 0.25) is 0 Å². The summed E-state index contributed by atoms with van der Waals surface area (Å²) < 4.78 is 2.03. The Bertz CT molecular complexity index is 1050. The van der Waals surface area contributed by atoms with E-state index in [2.05, 4.69) is 35.7 Å². The van der Waals surface area contributed by atoms with Crippen LogP contribution in [0.1, 0.15) is 41.5 Å². The van der Waals surface area contributed by atoms with Crippen LogP contribution in [0.15, 0.2) is 36.7 Å². The second-order valence-electron chi connectivity index (χ2n) is 10.1. The zero-order chi connectivity index (χ0) is 23.3. The molecule has 0 radical (unpaired) electrons. The van der Waals surface area contributed by atoms with Crippen molar-refractivity contribution in [2.45, 2.75) is 37.9 Å². The number of rotatable bonds is 4. The van der Waals surface area contributed by atoms with Crippen molar-refractivity contribution in [2.24, 2.45) is 7.05 Å². The highest BCUT2D eigenvalue weighted by molar-refractivity contribution is 6.02. The normalized spacial score (nSPS) is 23.2. The molecule has 4 heterocycles. The second kappa shape index (κ2) is 8.25. The zero-order valence-corrected chi connectivity index (χ0v) is 20.1. The minimum atomic E-state index is -0.537. The number of likely N-dealkylation sites (tertiary alicyclic amines) is 1. The lowest BCUT2D eigenvalue weighted by atomic mass is 9.67. The average molecular weight is 451 g/mol. The first-order chi connectivity index (χ1) is 15.8. The summed E-state index contributed by atoms with van der Waals surface area (Å²) in [5.74, 6) is 0.838. The second-order valence-corrected chi connectivity index (χ2v) is 10.1. The zero-order valence-electron chi connectivity index (χ0n) is 20.1. The number of aryl methyl sites for hydroxylation is 1. The predicted molar refractivity (Wildman–Crippen MR) is 126 cm³/mol. The van der Waals surface area contributed by atoms with Crippen molar-refractivity contribution in [1.29, 1.82) is 0 Å². The number of likely N-dealkylation sites (N-methyl/N-ethyl adjacent to an activating group) is 1. The molecule has 33 heavy (non-hydrogen) atoms. The molecule has 1 spiro atoms. The van der Waals surface area contributed by atoms with Crippen LogP contribution in [0.3, 0.4) is 0 Å². The maximum absolute atomic E-state index is 14.1. The molecule has 1 aromatic carbocycles. The number of piperazine rings is 1. The summed E-state index contributed by atoms with van der Waals surface area (Å²) >= 11 is 0. The van der Waals surface area contributed by atoms with Crippen LogP contribution in [-0.2, 0) is 18.4 Å². The Balaban J connectivity index is 1.52. The van der Waals surface area contributed by atoms with Gasteiger partial charge in [0.15, 0.2) is 0 Å². The van der Waals surface area contributed by atoms with E-state index in [4.69, 9.17) is 0 Å². The maximum atomic E-state index is 14.1. The van der Waals surface area contributed by atoms with Crippen LogP contribution < -0.4 is 0 Å². The Morgan fingerprint density at radius 1 is 1.12 bits per heavy atom. The molecule has 1 atom stereocenters. The van der Waals surface area contributed by atoms with Crippen LogP contribution in [0.25, 0.3) is 0 Å². The molecule has 0 N–H and O–H groups in total. The lowest BCUT2D eigenvalue weighted by Gasteiger charge is -2.62. The largest absolute Gasteiger partial charge is 0.340 e. The third kappa shape index (κ3) is 3.56. The van der Waals surface area contributed by atoms with Gasteiger partial charge in [0.2, 0.25) is 5.91 Å². The Labute approximate surface area is 195 Å². The number of aromatic nitrogens is 2. The first-order valence-electron chi connectivity index (χ1n) is 11.9. The molecule has 8 heteroatoms. The molecule has 0 bridgehead atoms. The summed E-state index contributed by atoms with van der Waals surface area (Å²) in [5, 5.41) is 0. The van der Waals surface area contributed by atoms with Gasteiger partial charge in [-0.25, -0.2) is 4.98 Å². The van der Waals surface area contributed by atoms with Gasteiger partial charge in [-0.1, -0.05) is 18.2 Å². The molecule has 1 aromatic heterocycles. The summed E-state index contributed by atoms with van der Waals surface area (Å²) in [4.78, 5) is 40.9. The van der Waals surface area contributed by atoms with Gasteiger partial charge in [0.25, 0.3) is 5.91 Å². The van der Waals surface area contributed by atoms with Crippen molar-refractivity contribution in [3.8, 4) is 0 Å². The highest BCUT2D eigenvalue weighted by Crippen LogP contribution is 2.48. The topological polar surface area (TPSA) is 64.9 Å². The van der Waals surface area contributed by atoms with Crippen LogP contribution in [0, 0.1) is 0 Å². The first-order valence-corrected chi connectivity index (χ1v) is 11.9. The number of imidazole rings is 1. The van der Waals surface area contributed by atoms with Crippen LogP contribution >= 0.6 is 0 Å². The van der Waals surface area contributed by atoms with Gasteiger partial charge in [0, 0.05) is 70.3 Å². The van der Waals surface area contributed by atoms with Gasteiger partial charge >= 0.3 is 0 Å². The Kier molecular flexibility index (Phi) is 5.53. The van der Waals surface area contributed by atoms with Gasteiger partial charge in [0.05, 0.1) is 18.0 Å². The highest BCUT2D eigenvalue weighted by atomic mass is 16.2. The van der Waals surface area contributed by atoms with Gasteiger partial charge in [-0.15, -0.1) is 0 Å². The van der Waals surface area contributed by atoms with E-state index in [-0.39, 0.29) is 23.8 Å². The molecular weight excluding hydrogens is 416 g/mol. The van der Waals surface area contributed by atoms with Crippen molar-refractivity contribution in [2.75, 3.05) is 46.3 Å². The molecule has 0 saturated carbocycles. The Morgan fingerprint density at radius 3 is 2.45 bits per heavy atom. The van der Waals surface area contributed by atoms with Crippen molar-refractivity contribution in [3.05, 3.63) is 53.6 Å². The van der Waals surface area contributed by atoms with Crippen molar-refractivity contribution < 1.29 is 9.59 Å². The standard InChI is InChI=1S/C25H34N6O2/c1-18(2)31-23(32)20-8-6-5-7-19(20)22(24(33)30-13-11-27(3)12-14-30)25(31)16-29(17-25)15-21-26-9-10-28(21)4/h5-10,18,22H,11-17H2,1-4H3. The quantitative estimate of drug-likeness (QED) is 0.705. The number of carbonyl (C=O) groups is 2. The van der Waals surface area contributed by atoms with Crippen LogP contribution in [-0.4, -0.2) is 98.9 Å². The van der Waals surface area contributed by atoms with Gasteiger partial charge in [0.1, 0.15) is 5.82 Å². The summed E-state index contributed by atoms with van der Waals surface area (Å²) in [5.41, 5.74) is 1.03. The monoisotopic (exact) mass is 450 g/mol.